The lowest BCUT2D eigenvalue weighted by Gasteiger charge is -2.28. The summed E-state index contributed by atoms with van der Waals surface area (Å²) >= 11 is 1.41. The highest BCUT2D eigenvalue weighted by Crippen LogP contribution is 2.33. The zero-order valence-electron chi connectivity index (χ0n) is 23.1. The number of thioether (sulfide) groups is 1. The standard InChI is InChI=1S/C30H31N5O4S2/c1-30(2,24-14-10-13-23(21-24)26(36)22-11-6-4-7-12-22)27-31-28(32-29(40-3)34-17-19-39-20-18-34)35(33-27)41(37,38)25-15-8-5-9-16-25/h4-16,21H,17-20H2,1-3H3. The van der Waals surface area contributed by atoms with Gasteiger partial charge < -0.3 is 9.64 Å². The van der Waals surface area contributed by atoms with Gasteiger partial charge in [-0.25, -0.2) is 0 Å². The second kappa shape index (κ2) is 12.0. The number of benzene rings is 3. The van der Waals surface area contributed by atoms with Gasteiger partial charge in [0.05, 0.1) is 23.5 Å². The second-order valence-electron chi connectivity index (χ2n) is 10.00. The minimum atomic E-state index is -4.10. The Morgan fingerprint density at radius 2 is 1.56 bits per heavy atom. The first-order valence-electron chi connectivity index (χ1n) is 13.2. The average molecular weight is 590 g/mol. The first-order chi connectivity index (χ1) is 19.7. The summed E-state index contributed by atoms with van der Waals surface area (Å²) in [5.74, 6) is 0.126. The lowest BCUT2D eigenvalue weighted by molar-refractivity contribution is 0.0693. The molecule has 3 aromatic carbocycles. The lowest BCUT2D eigenvalue weighted by Crippen LogP contribution is -2.39. The number of nitrogens with zero attached hydrogens (tertiary/aromatic N) is 5. The maximum absolute atomic E-state index is 13.8. The van der Waals surface area contributed by atoms with Crippen LogP contribution in [0, 0.1) is 0 Å². The largest absolute Gasteiger partial charge is 0.378 e. The number of rotatable bonds is 7. The van der Waals surface area contributed by atoms with Crippen molar-refractivity contribution in [2.75, 3.05) is 32.6 Å². The smallest absolute Gasteiger partial charge is 0.286 e. The molecule has 0 atom stereocenters. The van der Waals surface area contributed by atoms with Gasteiger partial charge in [-0.3, -0.25) is 4.79 Å². The Hall–Kier alpha value is -3.80. The molecule has 1 fully saturated rings. The van der Waals surface area contributed by atoms with Crippen molar-refractivity contribution >= 4 is 38.7 Å². The topological polar surface area (TPSA) is 107 Å². The van der Waals surface area contributed by atoms with Gasteiger partial charge in [0.25, 0.3) is 16.0 Å². The summed E-state index contributed by atoms with van der Waals surface area (Å²) < 4.78 is 34.0. The SMILES string of the molecule is CSC(=Nc1nc(C(C)(C)c2cccc(C(=O)c3ccccc3)c2)nn1S(=O)(=O)c1ccccc1)N1CCOCC1. The van der Waals surface area contributed by atoms with E-state index in [0.29, 0.717) is 42.6 Å². The minimum absolute atomic E-state index is 0.0377. The number of carbonyl (C=O) groups is 1. The highest BCUT2D eigenvalue weighted by Gasteiger charge is 2.33. The molecule has 1 saturated heterocycles. The predicted molar refractivity (Wildman–Crippen MR) is 160 cm³/mol. The van der Waals surface area contributed by atoms with Crippen molar-refractivity contribution in [2.45, 2.75) is 24.2 Å². The Bertz CT molecular complexity index is 1660. The summed E-state index contributed by atoms with van der Waals surface area (Å²) in [6.45, 7) is 6.20. The third kappa shape index (κ3) is 5.97. The monoisotopic (exact) mass is 589 g/mol. The van der Waals surface area contributed by atoms with Crippen LogP contribution in [0.5, 0.6) is 0 Å². The summed E-state index contributed by atoms with van der Waals surface area (Å²) in [5, 5.41) is 5.17. The van der Waals surface area contributed by atoms with Crippen LogP contribution in [0.3, 0.4) is 0 Å². The van der Waals surface area contributed by atoms with Gasteiger partial charge in [0.1, 0.15) is 0 Å². The van der Waals surface area contributed by atoms with Crippen LogP contribution < -0.4 is 0 Å². The number of carbonyl (C=O) groups excluding carboxylic acids is 1. The zero-order chi connectivity index (χ0) is 29.0. The third-order valence-corrected chi connectivity index (χ3v) is 9.22. The van der Waals surface area contributed by atoms with Crippen molar-refractivity contribution in [1.82, 2.24) is 19.1 Å². The summed E-state index contributed by atoms with van der Waals surface area (Å²) in [6.07, 6.45) is 1.89. The molecule has 0 bridgehead atoms. The summed E-state index contributed by atoms with van der Waals surface area (Å²) in [4.78, 5) is 24.7. The first-order valence-corrected chi connectivity index (χ1v) is 15.8. The number of ketones is 1. The third-order valence-electron chi connectivity index (χ3n) is 6.93. The molecular formula is C30H31N5O4S2. The van der Waals surface area contributed by atoms with E-state index in [0.717, 1.165) is 9.65 Å². The normalized spacial score (nSPS) is 14.7. The van der Waals surface area contributed by atoms with Crippen LogP contribution in [0.4, 0.5) is 5.95 Å². The van der Waals surface area contributed by atoms with Crippen LogP contribution in [-0.2, 0) is 20.2 Å². The zero-order valence-corrected chi connectivity index (χ0v) is 24.7. The molecule has 0 radical (unpaired) electrons. The van der Waals surface area contributed by atoms with Crippen molar-refractivity contribution in [3.63, 3.8) is 0 Å². The number of aromatic nitrogens is 3. The molecule has 0 amide bonds. The Morgan fingerprint density at radius 3 is 2.22 bits per heavy atom. The van der Waals surface area contributed by atoms with Gasteiger partial charge in [-0.2, -0.15) is 18.4 Å². The maximum atomic E-state index is 13.8. The molecule has 212 valence electrons. The van der Waals surface area contributed by atoms with E-state index < -0.39 is 15.4 Å². The molecule has 0 unspecified atom stereocenters. The van der Waals surface area contributed by atoms with Crippen molar-refractivity contribution < 1.29 is 17.9 Å². The number of aliphatic imine (C=N–C) groups is 1. The Labute approximate surface area is 244 Å². The van der Waals surface area contributed by atoms with Crippen LogP contribution >= 0.6 is 11.8 Å². The Morgan fingerprint density at radius 1 is 0.927 bits per heavy atom. The molecule has 41 heavy (non-hydrogen) atoms. The lowest BCUT2D eigenvalue weighted by atomic mass is 9.82. The Kier molecular flexibility index (Phi) is 8.39. The number of hydrogen-bond acceptors (Lipinski definition) is 8. The summed E-state index contributed by atoms with van der Waals surface area (Å²) in [5.41, 5.74) is 1.02. The molecule has 0 N–H and O–H groups in total. The fourth-order valence-corrected chi connectivity index (χ4v) is 6.29. The molecule has 1 aromatic heterocycles. The molecule has 0 spiro atoms. The molecule has 1 aliphatic heterocycles. The fraction of sp³-hybridized carbons (Fsp3) is 0.267. The van der Waals surface area contributed by atoms with Crippen molar-refractivity contribution in [3.8, 4) is 0 Å². The van der Waals surface area contributed by atoms with Crippen molar-refractivity contribution in [2.24, 2.45) is 4.99 Å². The van der Waals surface area contributed by atoms with Gasteiger partial charge in [-0.05, 0) is 43.9 Å². The van der Waals surface area contributed by atoms with E-state index in [-0.39, 0.29) is 22.5 Å². The van der Waals surface area contributed by atoms with Gasteiger partial charge in [-0.15, -0.1) is 9.19 Å². The fourth-order valence-electron chi connectivity index (χ4n) is 4.50. The van der Waals surface area contributed by atoms with Crippen LogP contribution in [0.15, 0.2) is 94.8 Å². The molecule has 4 aromatic rings. The predicted octanol–water partition coefficient (Wildman–Crippen LogP) is 4.75. The first kappa shape index (κ1) is 28.7. The van der Waals surface area contributed by atoms with E-state index in [2.05, 4.69) is 5.10 Å². The number of morpholine rings is 1. The van der Waals surface area contributed by atoms with E-state index in [9.17, 15) is 13.2 Å². The molecular weight excluding hydrogens is 558 g/mol. The van der Waals surface area contributed by atoms with Gasteiger partial charge >= 0.3 is 0 Å². The van der Waals surface area contributed by atoms with Crippen LogP contribution in [0.1, 0.15) is 41.2 Å². The van der Waals surface area contributed by atoms with Gasteiger partial charge in [0.15, 0.2) is 16.8 Å². The minimum Gasteiger partial charge on any atom is -0.378 e. The molecule has 9 nitrogen and oxygen atoms in total. The van der Waals surface area contributed by atoms with E-state index in [1.807, 2.05) is 61.4 Å². The quantitative estimate of drug-likeness (QED) is 0.173. The highest BCUT2D eigenvalue weighted by atomic mass is 32.2. The number of ether oxygens (including phenoxy) is 1. The van der Waals surface area contributed by atoms with E-state index in [4.69, 9.17) is 14.7 Å². The summed E-state index contributed by atoms with van der Waals surface area (Å²) in [6, 6.07) is 24.5. The molecule has 5 rings (SSSR count). The van der Waals surface area contributed by atoms with Crippen molar-refractivity contribution in [3.05, 3.63) is 107 Å². The van der Waals surface area contributed by atoms with Gasteiger partial charge in [-0.1, -0.05) is 78.5 Å². The molecule has 2 heterocycles. The second-order valence-corrected chi connectivity index (χ2v) is 12.5. The molecule has 0 aliphatic carbocycles. The van der Waals surface area contributed by atoms with Crippen molar-refractivity contribution in [1.29, 1.82) is 0 Å². The molecule has 0 saturated carbocycles. The number of hydrogen-bond donors (Lipinski definition) is 0. The van der Waals surface area contributed by atoms with Gasteiger partial charge in [0, 0.05) is 24.2 Å². The highest BCUT2D eigenvalue weighted by molar-refractivity contribution is 8.13. The number of amidine groups is 1. The average Bonchev–Trinajstić information content (AvgIpc) is 3.46. The van der Waals surface area contributed by atoms with Gasteiger partial charge in [0.2, 0.25) is 0 Å². The van der Waals surface area contributed by atoms with E-state index in [1.165, 1.54) is 23.9 Å². The maximum Gasteiger partial charge on any atom is 0.286 e. The van der Waals surface area contributed by atoms with E-state index >= 15 is 0 Å². The summed E-state index contributed by atoms with van der Waals surface area (Å²) in [7, 11) is -4.10. The molecule has 1 aliphatic rings. The van der Waals surface area contributed by atoms with E-state index in [1.54, 1.807) is 36.4 Å². The van der Waals surface area contributed by atoms with Crippen LogP contribution in [0.25, 0.3) is 0 Å². The van der Waals surface area contributed by atoms with Crippen LogP contribution in [0.2, 0.25) is 0 Å². The van der Waals surface area contributed by atoms with Crippen LogP contribution in [-0.4, -0.2) is 71.0 Å². The Balaban J connectivity index is 1.60. The molecule has 11 heteroatoms.